The molecule has 0 aliphatic carbocycles. The number of aromatic amines is 1. The average Bonchev–Trinajstić information content (AvgIpc) is 2.95. The Bertz CT molecular complexity index is 721. The van der Waals surface area contributed by atoms with E-state index in [-0.39, 0.29) is 6.61 Å². The number of carbonyl (C=O) groups is 1. The van der Waals surface area contributed by atoms with Gasteiger partial charge in [0.1, 0.15) is 0 Å². The molecule has 7 nitrogen and oxygen atoms in total. The van der Waals surface area contributed by atoms with Crippen LogP contribution in [-0.4, -0.2) is 41.2 Å². The van der Waals surface area contributed by atoms with Crippen molar-refractivity contribution >= 4 is 22.7 Å². The maximum Gasteiger partial charge on any atom is 0.412 e. The highest BCUT2D eigenvalue weighted by Gasteiger charge is 2.28. The van der Waals surface area contributed by atoms with E-state index in [4.69, 9.17) is 9.47 Å². The monoisotopic (exact) mass is 303 g/mol. The van der Waals surface area contributed by atoms with Gasteiger partial charge in [-0.1, -0.05) is 0 Å². The van der Waals surface area contributed by atoms with Crippen molar-refractivity contribution in [2.24, 2.45) is 0 Å². The summed E-state index contributed by atoms with van der Waals surface area (Å²) in [4.78, 5) is 11.5. The molecule has 3 N–H and O–H groups in total. The smallest absolute Gasteiger partial charge is 0.412 e. The molecule has 7 heteroatoms. The number of ether oxygens (including phenoxy) is 2. The van der Waals surface area contributed by atoms with Gasteiger partial charge in [-0.2, -0.15) is 5.10 Å². The number of anilines is 1. The van der Waals surface area contributed by atoms with Gasteiger partial charge in [0.15, 0.2) is 6.10 Å². The Labute approximate surface area is 126 Å². The molecule has 2 aliphatic heterocycles. The molecule has 1 amide bonds. The van der Waals surface area contributed by atoms with E-state index in [1.54, 1.807) is 0 Å². The number of aliphatic hydroxyl groups excluding tert-OH is 1. The molecule has 22 heavy (non-hydrogen) atoms. The van der Waals surface area contributed by atoms with Crippen LogP contribution in [0.5, 0.6) is 0 Å². The Morgan fingerprint density at radius 2 is 2.14 bits per heavy atom. The molecule has 1 saturated heterocycles. The number of cyclic esters (lactones) is 1. The second-order valence-electron chi connectivity index (χ2n) is 5.68. The molecule has 1 atom stereocenters. The minimum absolute atomic E-state index is 0.240. The topological polar surface area (TPSA) is 96.5 Å². The molecule has 1 aromatic heterocycles. The number of carbonyl (C=O) groups excluding carboxylic acids is 1. The van der Waals surface area contributed by atoms with Gasteiger partial charge in [0.25, 0.3) is 0 Å². The summed E-state index contributed by atoms with van der Waals surface area (Å²) < 4.78 is 10.5. The van der Waals surface area contributed by atoms with Crippen molar-refractivity contribution in [1.82, 2.24) is 10.2 Å². The maximum absolute atomic E-state index is 11.5. The Morgan fingerprint density at radius 1 is 1.32 bits per heavy atom. The first-order valence-electron chi connectivity index (χ1n) is 7.44. The van der Waals surface area contributed by atoms with Gasteiger partial charge in [-0.25, -0.2) is 4.79 Å². The van der Waals surface area contributed by atoms with Crippen LogP contribution in [0.1, 0.15) is 36.1 Å². The highest BCUT2D eigenvalue weighted by atomic mass is 16.6. The van der Waals surface area contributed by atoms with Crippen molar-refractivity contribution in [3.05, 3.63) is 23.4 Å². The lowest BCUT2D eigenvalue weighted by atomic mass is 9.92. The number of amides is 1. The number of rotatable bonds is 2. The number of fused-ring (bicyclic) bond motifs is 2. The highest BCUT2D eigenvalue weighted by molar-refractivity contribution is 5.94. The third kappa shape index (κ3) is 2.13. The van der Waals surface area contributed by atoms with Gasteiger partial charge in [0.05, 0.1) is 17.8 Å². The number of nitrogens with one attached hydrogen (secondary N) is 2. The van der Waals surface area contributed by atoms with Gasteiger partial charge < -0.3 is 14.6 Å². The predicted molar refractivity (Wildman–Crippen MR) is 78.8 cm³/mol. The number of H-pyrrole nitrogens is 1. The molecule has 0 bridgehead atoms. The SMILES string of the molecule is O=C1Nc2cc3n[nH]c(C4CCOCC4)c3cc2C(CO)O1. The Kier molecular flexibility index (Phi) is 3.24. The third-order valence-corrected chi connectivity index (χ3v) is 4.38. The van der Waals surface area contributed by atoms with Gasteiger partial charge >= 0.3 is 6.09 Å². The number of hydrogen-bond acceptors (Lipinski definition) is 5. The third-order valence-electron chi connectivity index (χ3n) is 4.38. The molecule has 2 aromatic rings. The lowest BCUT2D eigenvalue weighted by Crippen LogP contribution is -2.26. The molecule has 2 aliphatic rings. The van der Waals surface area contributed by atoms with Crippen LogP contribution in [0.2, 0.25) is 0 Å². The molecule has 1 aromatic carbocycles. The zero-order chi connectivity index (χ0) is 15.1. The summed E-state index contributed by atoms with van der Waals surface area (Å²) in [6.45, 7) is 1.28. The van der Waals surface area contributed by atoms with E-state index in [0.717, 1.165) is 48.2 Å². The zero-order valence-electron chi connectivity index (χ0n) is 12.0. The summed E-state index contributed by atoms with van der Waals surface area (Å²) in [5.74, 6) is 0.392. The van der Waals surface area contributed by atoms with Crippen molar-refractivity contribution in [3.63, 3.8) is 0 Å². The molecule has 1 fully saturated rings. The maximum atomic E-state index is 11.5. The van der Waals surface area contributed by atoms with E-state index in [0.29, 0.717) is 11.6 Å². The van der Waals surface area contributed by atoms with E-state index in [1.165, 1.54) is 0 Å². The molecule has 0 spiro atoms. The molecule has 4 rings (SSSR count). The van der Waals surface area contributed by atoms with E-state index < -0.39 is 12.2 Å². The summed E-state index contributed by atoms with van der Waals surface area (Å²) in [6.07, 6.45) is 0.743. The molecule has 0 radical (unpaired) electrons. The number of aromatic nitrogens is 2. The fraction of sp³-hybridized carbons (Fsp3) is 0.467. The zero-order valence-corrected chi connectivity index (χ0v) is 12.0. The van der Waals surface area contributed by atoms with Crippen molar-refractivity contribution < 1.29 is 19.4 Å². The van der Waals surface area contributed by atoms with E-state index in [2.05, 4.69) is 15.5 Å². The second-order valence-corrected chi connectivity index (χ2v) is 5.68. The summed E-state index contributed by atoms with van der Waals surface area (Å²) in [5, 5.41) is 20.6. The largest absolute Gasteiger partial charge is 0.439 e. The molecule has 116 valence electrons. The number of hydrogen-bond donors (Lipinski definition) is 3. The van der Waals surface area contributed by atoms with Crippen LogP contribution >= 0.6 is 0 Å². The lowest BCUT2D eigenvalue weighted by Gasteiger charge is -2.25. The first-order chi connectivity index (χ1) is 10.8. The van der Waals surface area contributed by atoms with Crippen LogP contribution in [0.15, 0.2) is 12.1 Å². The highest BCUT2D eigenvalue weighted by Crippen LogP contribution is 2.37. The minimum Gasteiger partial charge on any atom is -0.439 e. The standard InChI is InChI=1S/C15H17N3O4/c19-7-13-9-5-10-12(6-11(9)16-15(20)22-13)17-18-14(10)8-1-3-21-4-2-8/h5-6,8,13,19H,1-4,7H2,(H,16,20)(H,17,18). The van der Waals surface area contributed by atoms with Gasteiger partial charge in [0, 0.05) is 35.8 Å². The van der Waals surface area contributed by atoms with Crippen LogP contribution in [0.4, 0.5) is 10.5 Å². The number of benzene rings is 1. The van der Waals surface area contributed by atoms with E-state index in [1.807, 2.05) is 12.1 Å². The van der Waals surface area contributed by atoms with E-state index >= 15 is 0 Å². The van der Waals surface area contributed by atoms with E-state index in [9.17, 15) is 9.90 Å². The molecule has 1 unspecified atom stereocenters. The van der Waals surface area contributed by atoms with Gasteiger partial charge in [-0.3, -0.25) is 10.4 Å². The fourth-order valence-electron chi connectivity index (χ4n) is 3.23. The first-order valence-corrected chi connectivity index (χ1v) is 7.44. The Morgan fingerprint density at radius 3 is 2.91 bits per heavy atom. The second kappa shape index (κ2) is 5.26. The number of nitrogens with zero attached hydrogens (tertiary/aromatic N) is 1. The van der Waals surface area contributed by atoms with Crippen molar-refractivity contribution in [3.8, 4) is 0 Å². The quantitative estimate of drug-likeness (QED) is 0.789. The number of aliphatic hydroxyl groups is 1. The molecular formula is C15H17N3O4. The van der Waals surface area contributed by atoms with Gasteiger partial charge in [-0.05, 0) is 25.0 Å². The van der Waals surface area contributed by atoms with Gasteiger partial charge in [-0.15, -0.1) is 0 Å². The Hall–Kier alpha value is -2.12. The van der Waals surface area contributed by atoms with Gasteiger partial charge in [0.2, 0.25) is 0 Å². The predicted octanol–water partition coefficient (Wildman–Crippen LogP) is 2.05. The lowest BCUT2D eigenvalue weighted by molar-refractivity contribution is 0.0626. The first kappa shape index (κ1) is 13.5. The van der Waals surface area contributed by atoms with Crippen LogP contribution in [0, 0.1) is 0 Å². The van der Waals surface area contributed by atoms with Crippen LogP contribution < -0.4 is 5.32 Å². The van der Waals surface area contributed by atoms with Crippen LogP contribution in [0.3, 0.4) is 0 Å². The van der Waals surface area contributed by atoms with Crippen molar-refractivity contribution in [2.75, 3.05) is 25.1 Å². The molecule has 3 heterocycles. The Balaban J connectivity index is 1.81. The summed E-state index contributed by atoms with van der Waals surface area (Å²) in [6, 6.07) is 3.78. The van der Waals surface area contributed by atoms with Crippen LogP contribution in [0.25, 0.3) is 10.9 Å². The van der Waals surface area contributed by atoms with Crippen molar-refractivity contribution in [1.29, 1.82) is 0 Å². The fourth-order valence-corrected chi connectivity index (χ4v) is 3.23. The normalized spacial score (nSPS) is 22.2. The molecular weight excluding hydrogens is 286 g/mol. The summed E-state index contributed by atoms with van der Waals surface area (Å²) in [5.41, 5.74) is 3.32. The van der Waals surface area contributed by atoms with Crippen molar-refractivity contribution in [2.45, 2.75) is 24.9 Å². The summed E-state index contributed by atoms with van der Waals surface area (Å²) >= 11 is 0. The minimum atomic E-state index is -0.634. The average molecular weight is 303 g/mol. The summed E-state index contributed by atoms with van der Waals surface area (Å²) in [7, 11) is 0. The molecule has 0 saturated carbocycles. The van der Waals surface area contributed by atoms with Crippen LogP contribution in [-0.2, 0) is 9.47 Å².